The predicted molar refractivity (Wildman–Crippen MR) is 169 cm³/mol. The van der Waals surface area contributed by atoms with E-state index < -0.39 is 0 Å². The second-order valence-corrected chi connectivity index (χ2v) is 12.5. The van der Waals surface area contributed by atoms with Crippen molar-refractivity contribution in [2.75, 3.05) is 49.6 Å². The number of carbonyl (C=O) groups excluding carboxylic acids is 1. The third kappa shape index (κ3) is 5.64. The molecule has 1 aromatic heterocycles. The van der Waals surface area contributed by atoms with Gasteiger partial charge in [-0.1, -0.05) is 36.9 Å². The molecule has 9 heteroatoms. The summed E-state index contributed by atoms with van der Waals surface area (Å²) in [5.41, 5.74) is 4.51. The zero-order valence-corrected chi connectivity index (χ0v) is 25.5. The molecular formula is C34H41N7O2. The van der Waals surface area contributed by atoms with Crippen molar-refractivity contribution in [1.29, 1.82) is 5.26 Å². The first-order chi connectivity index (χ1) is 20.8. The Hall–Kier alpha value is -4.16. The maximum atomic E-state index is 12.2. The van der Waals surface area contributed by atoms with Crippen molar-refractivity contribution >= 4 is 28.2 Å². The molecule has 2 aromatic carbocycles. The molecule has 0 bridgehead atoms. The molecule has 1 N–H and O–H groups in total. The van der Waals surface area contributed by atoms with Crippen molar-refractivity contribution in [3.63, 3.8) is 0 Å². The molecule has 2 fully saturated rings. The molecule has 0 spiro atoms. The van der Waals surface area contributed by atoms with Crippen LogP contribution < -0.4 is 19.9 Å². The second-order valence-electron chi connectivity index (χ2n) is 12.5. The molecule has 4 heterocycles. The predicted octanol–water partition coefficient (Wildman–Crippen LogP) is 4.38. The minimum Gasteiger partial charge on any atom is -0.461 e. The van der Waals surface area contributed by atoms with Crippen LogP contribution in [0.4, 0.5) is 11.5 Å². The third-order valence-corrected chi connectivity index (χ3v) is 9.70. The van der Waals surface area contributed by atoms with Gasteiger partial charge in [0.15, 0.2) is 0 Å². The molecule has 6 rings (SSSR count). The molecule has 3 aromatic rings. The van der Waals surface area contributed by atoms with Crippen LogP contribution in [-0.4, -0.2) is 72.2 Å². The van der Waals surface area contributed by atoms with Gasteiger partial charge in [0, 0.05) is 48.6 Å². The van der Waals surface area contributed by atoms with Crippen LogP contribution >= 0.6 is 0 Å². The van der Waals surface area contributed by atoms with E-state index in [2.05, 4.69) is 90.0 Å². The largest absolute Gasteiger partial charge is 0.461 e. The molecule has 1 unspecified atom stereocenters. The number of aromatic nitrogens is 2. The maximum Gasteiger partial charge on any atom is 0.318 e. The number of rotatable bonds is 8. The number of nitriles is 1. The fourth-order valence-corrected chi connectivity index (χ4v) is 7.02. The van der Waals surface area contributed by atoms with Gasteiger partial charge in [-0.2, -0.15) is 15.2 Å². The first-order valence-electron chi connectivity index (χ1n) is 15.3. The van der Waals surface area contributed by atoms with Crippen LogP contribution in [0.5, 0.6) is 6.01 Å². The van der Waals surface area contributed by atoms with Crippen LogP contribution in [0.1, 0.15) is 43.0 Å². The van der Waals surface area contributed by atoms with E-state index >= 15 is 0 Å². The van der Waals surface area contributed by atoms with Gasteiger partial charge < -0.3 is 19.9 Å². The van der Waals surface area contributed by atoms with Crippen molar-refractivity contribution in [2.45, 2.75) is 57.7 Å². The summed E-state index contributed by atoms with van der Waals surface area (Å²) in [6, 6.07) is 15.5. The van der Waals surface area contributed by atoms with Gasteiger partial charge >= 0.3 is 6.01 Å². The number of likely N-dealkylation sites (N-methyl/N-ethyl adjacent to an activating group) is 1. The van der Waals surface area contributed by atoms with Gasteiger partial charge in [0.1, 0.15) is 12.4 Å². The van der Waals surface area contributed by atoms with E-state index in [1.54, 1.807) is 0 Å². The Labute approximate surface area is 254 Å². The Balaban J connectivity index is 1.35. The fraction of sp³-hybridized carbons (Fsp3) is 0.471. The van der Waals surface area contributed by atoms with Crippen molar-refractivity contribution in [3.8, 4) is 12.1 Å². The SMILES string of the molecule is C=CC(=O)NC1CN(c2nc(OC[C@]3(C)CCCN3C)nc3c2CCN(c2cccc4cccc(C)c24)C3)C[C@@H]1CC#N. The number of fused-ring (bicyclic) bond motifs is 2. The van der Waals surface area contributed by atoms with E-state index in [0.29, 0.717) is 38.7 Å². The van der Waals surface area contributed by atoms with E-state index in [1.807, 2.05) is 0 Å². The average Bonchev–Trinajstić information content (AvgIpc) is 3.56. The molecule has 3 aliphatic rings. The zero-order valence-electron chi connectivity index (χ0n) is 25.5. The van der Waals surface area contributed by atoms with E-state index in [0.717, 1.165) is 49.4 Å². The van der Waals surface area contributed by atoms with E-state index in [4.69, 9.17) is 14.7 Å². The van der Waals surface area contributed by atoms with Crippen LogP contribution in [0, 0.1) is 24.2 Å². The molecule has 3 aliphatic heterocycles. The Kier molecular flexibility index (Phi) is 7.97. The molecule has 43 heavy (non-hydrogen) atoms. The highest BCUT2D eigenvalue weighted by atomic mass is 16.5. The molecule has 3 atom stereocenters. The Bertz CT molecular complexity index is 1580. The monoisotopic (exact) mass is 579 g/mol. The number of aryl methyl sites for hydroxylation is 1. The molecular weight excluding hydrogens is 538 g/mol. The third-order valence-electron chi connectivity index (χ3n) is 9.70. The quantitative estimate of drug-likeness (QED) is 0.393. The molecule has 0 saturated carbocycles. The van der Waals surface area contributed by atoms with E-state index in [-0.39, 0.29) is 23.4 Å². The number of carbonyl (C=O) groups is 1. The highest BCUT2D eigenvalue weighted by molar-refractivity contribution is 5.97. The van der Waals surface area contributed by atoms with Gasteiger partial charge in [-0.3, -0.25) is 9.69 Å². The number of nitrogens with zero attached hydrogens (tertiary/aromatic N) is 6. The summed E-state index contributed by atoms with van der Waals surface area (Å²) in [4.78, 5) is 29.2. The topological polar surface area (TPSA) is 97.6 Å². The summed E-state index contributed by atoms with van der Waals surface area (Å²) in [5.74, 6) is 0.629. The fourth-order valence-electron chi connectivity index (χ4n) is 7.02. The number of hydrogen-bond donors (Lipinski definition) is 1. The molecule has 224 valence electrons. The first kappa shape index (κ1) is 28.9. The minimum absolute atomic E-state index is 0.00585. The lowest BCUT2D eigenvalue weighted by Gasteiger charge is -2.34. The minimum atomic E-state index is -0.224. The lowest BCUT2D eigenvalue weighted by molar-refractivity contribution is -0.117. The van der Waals surface area contributed by atoms with Crippen LogP contribution in [-0.2, 0) is 17.8 Å². The van der Waals surface area contributed by atoms with Crippen LogP contribution in [0.25, 0.3) is 10.8 Å². The normalized spacial score (nSPS) is 23.7. The molecule has 1 amide bonds. The van der Waals surface area contributed by atoms with Gasteiger partial charge in [-0.15, -0.1) is 0 Å². The molecule has 9 nitrogen and oxygen atoms in total. The number of likely N-dealkylation sites (tertiary alicyclic amines) is 1. The number of hydrogen-bond acceptors (Lipinski definition) is 8. The van der Waals surface area contributed by atoms with Crippen molar-refractivity contribution in [1.82, 2.24) is 20.2 Å². The van der Waals surface area contributed by atoms with Gasteiger partial charge in [-0.25, -0.2) is 0 Å². The Morgan fingerprint density at radius 2 is 2.02 bits per heavy atom. The summed E-state index contributed by atoms with van der Waals surface area (Å²) in [5, 5.41) is 15.1. The van der Waals surface area contributed by atoms with Crippen LogP contribution in [0.15, 0.2) is 49.1 Å². The van der Waals surface area contributed by atoms with Gasteiger partial charge in [-0.05, 0) is 69.8 Å². The summed E-state index contributed by atoms with van der Waals surface area (Å²) < 4.78 is 6.40. The molecule has 0 radical (unpaired) electrons. The lowest BCUT2D eigenvalue weighted by atomic mass is 9.99. The summed E-state index contributed by atoms with van der Waals surface area (Å²) in [7, 11) is 2.15. The maximum absolute atomic E-state index is 12.2. The van der Waals surface area contributed by atoms with Gasteiger partial charge in [0.25, 0.3) is 0 Å². The van der Waals surface area contributed by atoms with Crippen LogP contribution in [0.2, 0.25) is 0 Å². The average molecular weight is 580 g/mol. The summed E-state index contributed by atoms with van der Waals surface area (Å²) >= 11 is 0. The zero-order chi connectivity index (χ0) is 30.1. The summed E-state index contributed by atoms with van der Waals surface area (Å²) in [6.45, 7) is 12.3. The number of nitrogens with one attached hydrogen (secondary N) is 1. The number of ether oxygens (including phenoxy) is 1. The highest BCUT2D eigenvalue weighted by Crippen LogP contribution is 2.37. The van der Waals surface area contributed by atoms with Crippen LogP contribution in [0.3, 0.4) is 0 Å². The molecule has 2 saturated heterocycles. The number of amides is 1. The number of anilines is 2. The Morgan fingerprint density at radius 1 is 1.21 bits per heavy atom. The molecule has 0 aliphatic carbocycles. The van der Waals surface area contributed by atoms with Crippen molar-refractivity contribution in [2.24, 2.45) is 5.92 Å². The van der Waals surface area contributed by atoms with Gasteiger partial charge in [0.05, 0.1) is 29.9 Å². The standard InChI is InChI=1S/C34H41N7O2/c1-5-30(42)36-27-20-41(19-25(27)13-16-35)32-26-14-18-40(29-12-7-11-24-10-6-9-23(2)31(24)29)21-28(26)37-33(38-32)43-22-34(3)15-8-17-39(34)4/h5-7,9-12,25,27H,1,8,13-15,17-22H2,2-4H3,(H,36,42)/t25-,27?,34-/m0/s1. The van der Waals surface area contributed by atoms with Crippen molar-refractivity contribution < 1.29 is 9.53 Å². The second kappa shape index (κ2) is 11.8. The smallest absolute Gasteiger partial charge is 0.318 e. The lowest BCUT2D eigenvalue weighted by Crippen LogP contribution is -2.43. The van der Waals surface area contributed by atoms with Gasteiger partial charge in [0.2, 0.25) is 5.91 Å². The first-order valence-corrected chi connectivity index (χ1v) is 15.3. The number of benzene rings is 2. The van der Waals surface area contributed by atoms with E-state index in [9.17, 15) is 10.1 Å². The van der Waals surface area contributed by atoms with Crippen molar-refractivity contribution in [3.05, 3.63) is 65.9 Å². The Morgan fingerprint density at radius 3 is 2.77 bits per heavy atom. The highest BCUT2D eigenvalue weighted by Gasteiger charge is 2.38. The van der Waals surface area contributed by atoms with E-state index in [1.165, 1.54) is 28.1 Å². The summed E-state index contributed by atoms with van der Waals surface area (Å²) in [6.07, 6.45) is 4.65.